The maximum atomic E-state index is 11.2. The monoisotopic (exact) mass is 288 g/mol. The Kier molecular flexibility index (Phi) is 5.58. The van der Waals surface area contributed by atoms with E-state index in [4.69, 9.17) is 9.11 Å². The molecule has 8 heteroatoms. The first-order valence-corrected chi connectivity index (χ1v) is 8.31. The van der Waals surface area contributed by atoms with Crippen molar-refractivity contribution in [2.24, 2.45) is 0 Å². The molecule has 0 fully saturated rings. The number of hydrogen-bond acceptors (Lipinski definition) is 4. The quantitative estimate of drug-likeness (QED) is 0.687. The summed E-state index contributed by atoms with van der Waals surface area (Å²) in [6.45, 7) is 4.45. The van der Waals surface area contributed by atoms with E-state index in [9.17, 15) is 16.8 Å². The van der Waals surface area contributed by atoms with Crippen molar-refractivity contribution >= 4 is 20.2 Å². The zero-order chi connectivity index (χ0) is 13.9. The summed E-state index contributed by atoms with van der Waals surface area (Å²) in [5.41, 5.74) is 0. The van der Waals surface area contributed by atoms with Gasteiger partial charge in [0, 0.05) is 0 Å². The SMILES string of the molecule is CCCC(C)(CCC(C)S(=O)(=O)O)S(=O)(=O)O. The molecule has 0 saturated heterocycles. The minimum Gasteiger partial charge on any atom is -0.285 e. The highest BCUT2D eigenvalue weighted by molar-refractivity contribution is 7.87. The summed E-state index contributed by atoms with van der Waals surface area (Å²) >= 11 is 0. The lowest BCUT2D eigenvalue weighted by Crippen LogP contribution is -2.36. The van der Waals surface area contributed by atoms with E-state index in [2.05, 4.69) is 0 Å². The second-order valence-corrected chi connectivity index (χ2v) is 8.31. The Morgan fingerprint density at radius 3 is 1.88 bits per heavy atom. The van der Waals surface area contributed by atoms with Gasteiger partial charge in [0.15, 0.2) is 0 Å². The van der Waals surface area contributed by atoms with E-state index in [1.807, 2.05) is 0 Å². The van der Waals surface area contributed by atoms with Crippen LogP contribution in [0.2, 0.25) is 0 Å². The van der Waals surface area contributed by atoms with Crippen LogP contribution in [0.3, 0.4) is 0 Å². The molecule has 0 radical (unpaired) electrons. The standard InChI is InChI=1S/C9H20O6S2/c1-4-6-9(3,17(13,14)15)7-5-8(2)16(10,11)12/h8H,4-7H2,1-3H3,(H,10,11,12)(H,13,14,15). The maximum Gasteiger partial charge on any atom is 0.270 e. The fourth-order valence-corrected chi connectivity index (χ4v) is 2.82. The highest BCUT2D eigenvalue weighted by Crippen LogP contribution is 2.29. The highest BCUT2D eigenvalue weighted by atomic mass is 32.2. The van der Waals surface area contributed by atoms with E-state index >= 15 is 0 Å². The van der Waals surface area contributed by atoms with Crippen LogP contribution in [0.5, 0.6) is 0 Å². The summed E-state index contributed by atoms with van der Waals surface area (Å²) in [6.07, 6.45) is 0.760. The molecule has 2 atom stereocenters. The van der Waals surface area contributed by atoms with Crippen molar-refractivity contribution in [3.05, 3.63) is 0 Å². The Morgan fingerprint density at radius 2 is 1.59 bits per heavy atom. The molecule has 0 aromatic rings. The van der Waals surface area contributed by atoms with Crippen LogP contribution < -0.4 is 0 Å². The average Bonchev–Trinajstić information content (AvgIpc) is 2.11. The summed E-state index contributed by atoms with van der Waals surface area (Å²) in [7, 11) is -8.41. The van der Waals surface area contributed by atoms with Gasteiger partial charge in [-0.25, -0.2) is 0 Å². The van der Waals surface area contributed by atoms with E-state index in [0.29, 0.717) is 6.42 Å². The fraction of sp³-hybridized carbons (Fsp3) is 1.00. The van der Waals surface area contributed by atoms with E-state index in [1.165, 1.54) is 13.8 Å². The van der Waals surface area contributed by atoms with E-state index < -0.39 is 30.2 Å². The zero-order valence-corrected chi connectivity index (χ0v) is 11.9. The van der Waals surface area contributed by atoms with E-state index in [0.717, 1.165) is 0 Å². The van der Waals surface area contributed by atoms with Crippen molar-refractivity contribution in [3.8, 4) is 0 Å². The van der Waals surface area contributed by atoms with Crippen LogP contribution in [0.4, 0.5) is 0 Å². The van der Waals surface area contributed by atoms with E-state index in [1.54, 1.807) is 6.92 Å². The average molecular weight is 288 g/mol. The van der Waals surface area contributed by atoms with Gasteiger partial charge in [-0.1, -0.05) is 13.3 Å². The van der Waals surface area contributed by atoms with Crippen LogP contribution in [0.25, 0.3) is 0 Å². The molecule has 0 saturated carbocycles. The molecule has 0 amide bonds. The van der Waals surface area contributed by atoms with Crippen molar-refractivity contribution in [1.29, 1.82) is 0 Å². The third kappa shape index (κ3) is 4.90. The topological polar surface area (TPSA) is 109 Å². The minimum atomic E-state index is -4.24. The second-order valence-electron chi connectivity index (χ2n) is 4.54. The Labute approximate surface area is 103 Å². The molecular formula is C9H20O6S2. The van der Waals surface area contributed by atoms with Crippen molar-refractivity contribution < 1.29 is 25.9 Å². The lowest BCUT2D eigenvalue weighted by molar-refractivity contribution is 0.392. The van der Waals surface area contributed by atoms with Gasteiger partial charge in [-0.05, 0) is 33.1 Å². The van der Waals surface area contributed by atoms with Gasteiger partial charge in [0.05, 0.1) is 10.00 Å². The molecule has 0 aromatic heterocycles. The first-order valence-electron chi connectivity index (χ1n) is 5.37. The molecule has 0 aliphatic heterocycles. The van der Waals surface area contributed by atoms with Crippen molar-refractivity contribution in [1.82, 2.24) is 0 Å². The smallest absolute Gasteiger partial charge is 0.270 e. The molecular weight excluding hydrogens is 268 g/mol. The molecule has 2 unspecified atom stereocenters. The largest absolute Gasteiger partial charge is 0.285 e. The first-order chi connectivity index (χ1) is 7.44. The lowest BCUT2D eigenvalue weighted by atomic mass is 9.98. The number of hydrogen-bond donors (Lipinski definition) is 2. The van der Waals surface area contributed by atoms with Crippen LogP contribution in [-0.4, -0.2) is 35.9 Å². The van der Waals surface area contributed by atoms with Crippen LogP contribution in [-0.2, 0) is 20.2 Å². The van der Waals surface area contributed by atoms with Crippen molar-refractivity contribution in [3.63, 3.8) is 0 Å². The van der Waals surface area contributed by atoms with Crippen LogP contribution in [0, 0.1) is 0 Å². The first kappa shape index (κ1) is 16.8. The molecule has 0 spiro atoms. The molecule has 0 aliphatic rings. The Hall–Kier alpha value is -0.180. The molecule has 0 rings (SSSR count). The predicted octanol–water partition coefficient (Wildman–Crippen LogP) is 1.49. The molecule has 17 heavy (non-hydrogen) atoms. The van der Waals surface area contributed by atoms with Gasteiger partial charge in [0.1, 0.15) is 0 Å². The van der Waals surface area contributed by atoms with Gasteiger partial charge in [0.25, 0.3) is 20.2 Å². The summed E-state index contributed by atoms with van der Waals surface area (Å²) in [6, 6.07) is 0. The fourth-order valence-electron chi connectivity index (χ4n) is 1.57. The van der Waals surface area contributed by atoms with E-state index in [-0.39, 0.29) is 19.3 Å². The van der Waals surface area contributed by atoms with Gasteiger partial charge in [-0.15, -0.1) is 0 Å². The normalized spacial score (nSPS) is 18.6. The van der Waals surface area contributed by atoms with Crippen LogP contribution in [0.15, 0.2) is 0 Å². The summed E-state index contributed by atoms with van der Waals surface area (Å²) in [4.78, 5) is 0. The van der Waals surface area contributed by atoms with Gasteiger partial charge in [-0.3, -0.25) is 9.11 Å². The predicted molar refractivity (Wildman–Crippen MR) is 65.1 cm³/mol. The molecule has 0 bridgehead atoms. The van der Waals surface area contributed by atoms with Gasteiger partial charge < -0.3 is 0 Å². The lowest BCUT2D eigenvalue weighted by Gasteiger charge is -2.26. The molecule has 0 aliphatic carbocycles. The Morgan fingerprint density at radius 1 is 1.12 bits per heavy atom. The third-order valence-corrected chi connectivity index (χ3v) is 5.90. The third-order valence-electron chi connectivity index (χ3n) is 2.99. The summed E-state index contributed by atoms with van der Waals surface area (Å²) < 4.78 is 60.7. The second kappa shape index (κ2) is 5.64. The van der Waals surface area contributed by atoms with Gasteiger partial charge in [-0.2, -0.15) is 16.8 Å². The molecule has 2 N–H and O–H groups in total. The van der Waals surface area contributed by atoms with Crippen LogP contribution >= 0.6 is 0 Å². The van der Waals surface area contributed by atoms with Crippen molar-refractivity contribution in [2.75, 3.05) is 0 Å². The van der Waals surface area contributed by atoms with Crippen molar-refractivity contribution in [2.45, 2.75) is 56.5 Å². The molecule has 104 valence electrons. The molecule has 0 aromatic carbocycles. The summed E-state index contributed by atoms with van der Waals surface area (Å²) in [5.74, 6) is 0. The Bertz CT molecular complexity index is 438. The minimum absolute atomic E-state index is 0.0133. The van der Waals surface area contributed by atoms with Crippen LogP contribution in [0.1, 0.15) is 46.5 Å². The Balaban J connectivity index is 4.83. The zero-order valence-electron chi connectivity index (χ0n) is 10.2. The maximum absolute atomic E-state index is 11.2. The van der Waals surface area contributed by atoms with Gasteiger partial charge in [0.2, 0.25) is 0 Å². The number of rotatable bonds is 7. The molecule has 0 heterocycles. The van der Waals surface area contributed by atoms with Gasteiger partial charge >= 0.3 is 0 Å². The molecule has 6 nitrogen and oxygen atoms in total. The summed E-state index contributed by atoms with van der Waals surface area (Å²) in [5, 5.41) is -1.04. The highest BCUT2D eigenvalue weighted by Gasteiger charge is 2.37.